The SMILES string of the molecule is COc1ccc(-c2cc(Cl)ccc2CN)cc1OC. The molecule has 0 saturated carbocycles. The van der Waals surface area contributed by atoms with Crippen LogP contribution in [0.2, 0.25) is 5.02 Å². The number of hydrogen-bond acceptors (Lipinski definition) is 3. The molecule has 0 fully saturated rings. The molecule has 100 valence electrons. The molecule has 0 heterocycles. The fourth-order valence-electron chi connectivity index (χ4n) is 2.00. The van der Waals surface area contributed by atoms with Gasteiger partial charge in [0, 0.05) is 11.6 Å². The van der Waals surface area contributed by atoms with E-state index in [2.05, 4.69) is 0 Å². The summed E-state index contributed by atoms with van der Waals surface area (Å²) in [5.74, 6) is 1.38. The lowest BCUT2D eigenvalue weighted by Crippen LogP contribution is -1.99. The molecule has 0 aromatic heterocycles. The Morgan fingerprint density at radius 1 is 1.00 bits per heavy atom. The largest absolute Gasteiger partial charge is 0.493 e. The maximum Gasteiger partial charge on any atom is 0.161 e. The number of hydrogen-bond donors (Lipinski definition) is 1. The molecule has 0 saturated heterocycles. The topological polar surface area (TPSA) is 44.5 Å². The van der Waals surface area contributed by atoms with Crippen LogP contribution in [0.1, 0.15) is 5.56 Å². The first kappa shape index (κ1) is 13.7. The molecule has 0 aliphatic heterocycles. The van der Waals surface area contributed by atoms with Crippen LogP contribution in [-0.4, -0.2) is 14.2 Å². The number of rotatable bonds is 4. The summed E-state index contributed by atoms with van der Waals surface area (Å²) >= 11 is 6.06. The first-order valence-electron chi connectivity index (χ1n) is 5.90. The summed E-state index contributed by atoms with van der Waals surface area (Å²) in [5.41, 5.74) is 8.81. The molecule has 2 aromatic carbocycles. The molecule has 3 nitrogen and oxygen atoms in total. The van der Waals surface area contributed by atoms with Crippen LogP contribution in [-0.2, 0) is 6.54 Å². The highest BCUT2D eigenvalue weighted by Gasteiger charge is 2.09. The van der Waals surface area contributed by atoms with Gasteiger partial charge in [-0.05, 0) is 41.0 Å². The zero-order valence-corrected chi connectivity index (χ0v) is 11.7. The van der Waals surface area contributed by atoms with Crippen molar-refractivity contribution in [2.75, 3.05) is 14.2 Å². The van der Waals surface area contributed by atoms with Crippen molar-refractivity contribution < 1.29 is 9.47 Å². The quantitative estimate of drug-likeness (QED) is 0.930. The molecule has 2 rings (SSSR count). The van der Waals surface area contributed by atoms with Crippen LogP contribution in [0.25, 0.3) is 11.1 Å². The second-order valence-corrected chi connectivity index (χ2v) is 4.51. The van der Waals surface area contributed by atoms with Crippen LogP contribution in [0, 0.1) is 0 Å². The van der Waals surface area contributed by atoms with E-state index in [1.54, 1.807) is 14.2 Å². The van der Waals surface area contributed by atoms with Gasteiger partial charge in [0.2, 0.25) is 0 Å². The van der Waals surface area contributed by atoms with E-state index in [-0.39, 0.29) is 0 Å². The van der Waals surface area contributed by atoms with E-state index in [1.165, 1.54) is 0 Å². The molecule has 0 spiro atoms. The maximum absolute atomic E-state index is 6.06. The van der Waals surface area contributed by atoms with E-state index in [1.807, 2.05) is 36.4 Å². The minimum Gasteiger partial charge on any atom is -0.493 e. The molecule has 0 aliphatic rings. The second-order valence-electron chi connectivity index (χ2n) is 4.08. The number of nitrogens with two attached hydrogens (primary N) is 1. The minimum atomic E-state index is 0.459. The predicted octanol–water partition coefficient (Wildman–Crippen LogP) is 3.48. The van der Waals surface area contributed by atoms with Crippen LogP contribution in [0.5, 0.6) is 11.5 Å². The van der Waals surface area contributed by atoms with E-state index in [0.717, 1.165) is 16.7 Å². The van der Waals surface area contributed by atoms with Gasteiger partial charge in [-0.2, -0.15) is 0 Å². The molecular weight excluding hydrogens is 262 g/mol. The van der Waals surface area contributed by atoms with Gasteiger partial charge in [0.1, 0.15) is 0 Å². The summed E-state index contributed by atoms with van der Waals surface area (Å²) in [6, 6.07) is 11.4. The van der Waals surface area contributed by atoms with Gasteiger partial charge in [-0.25, -0.2) is 0 Å². The fourth-order valence-corrected chi connectivity index (χ4v) is 2.17. The molecule has 0 radical (unpaired) electrons. The Labute approximate surface area is 117 Å². The Balaban J connectivity index is 2.55. The minimum absolute atomic E-state index is 0.459. The monoisotopic (exact) mass is 277 g/mol. The molecule has 0 aliphatic carbocycles. The van der Waals surface area contributed by atoms with Gasteiger partial charge in [0.15, 0.2) is 11.5 Å². The van der Waals surface area contributed by atoms with Gasteiger partial charge in [0.05, 0.1) is 14.2 Å². The second kappa shape index (κ2) is 5.95. The van der Waals surface area contributed by atoms with Gasteiger partial charge in [-0.1, -0.05) is 23.7 Å². The summed E-state index contributed by atoms with van der Waals surface area (Å²) in [7, 11) is 3.23. The molecule has 0 unspecified atom stereocenters. The molecule has 2 N–H and O–H groups in total. The van der Waals surface area contributed by atoms with Crippen molar-refractivity contribution in [2.45, 2.75) is 6.54 Å². The highest BCUT2D eigenvalue weighted by atomic mass is 35.5. The average Bonchev–Trinajstić information content (AvgIpc) is 2.46. The van der Waals surface area contributed by atoms with Crippen molar-refractivity contribution in [1.82, 2.24) is 0 Å². The van der Waals surface area contributed by atoms with Crippen LogP contribution in [0.4, 0.5) is 0 Å². The molecule has 4 heteroatoms. The fraction of sp³-hybridized carbons (Fsp3) is 0.200. The van der Waals surface area contributed by atoms with Crippen molar-refractivity contribution in [3.05, 3.63) is 47.0 Å². The number of benzene rings is 2. The Morgan fingerprint density at radius 2 is 1.74 bits per heavy atom. The van der Waals surface area contributed by atoms with Crippen molar-refractivity contribution in [3.63, 3.8) is 0 Å². The summed E-state index contributed by atoms with van der Waals surface area (Å²) in [6.45, 7) is 0.459. The molecule has 19 heavy (non-hydrogen) atoms. The third-order valence-corrected chi connectivity index (χ3v) is 3.22. The standard InChI is InChI=1S/C15H16ClNO2/c1-18-14-6-4-10(7-15(14)19-2)13-8-12(16)5-3-11(13)9-17/h3-8H,9,17H2,1-2H3. The third-order valence-electron chi connectivity index (χ3n) is 2.99. The molecular formula is C15H16ClNO2. The van der Waals surface area contributed by atoms with Crippen molar-refractivity contribution in [3.8, 4) is 22.6 Å². The van der Waals surface area contributed by atoms with Gasteiger partial charge in [0.25, 0.3) is 0 Å². The first-order chi connectivity index (χ1) is 9.19. The van der Waals surface area contributed by atoms with Crippen LogP contribution >= 0.6 is 11.6 Å². The van der Waals surface area contributed by atoms with Crippen LogP contribution in [0.15, 0.2) is 36.4 Å². The lowest BCUT2D eigenvalue weighted by molar-refractivity contribution is 0.355. The van der Waals surface area contributed by atoms with Crippen LogP contribution < -0.4 is 15.2 Å². The highest BCUT2D eigenvalue weighted by Crippen LogP contribution is 2.34. The zero-order chi connectivity index (χ0) is 13.8. The average molecular weight is 278 g/mol. The van der Waals surface area contributed by atoms with E-state index in [4.69, 9.17) is 26.8 Å². The smallest absolute Gasteiger partial charge is 0.161 e. The normalized spacial score (nSPS) is 10.3. The van der Waals surface area contributed by atoms with Crippen molar-refractivity contribution >= 4 is 11.6 Å². The van der Waals surface area contributed by atoms with Gasteiger partial charge >= 0.3 is 0 Å². The van der Waals surface area contributed by atoms with Crippen LogP contribution in [0.3, 0.4) is 0 Å². The number of ether oxygens (including phenoxy) is 2. The predicted molar refractivity (Wildman–Crippen MR) is 77.9 cm³/mol. The lowest BCUT2D eigenvalue weighted by Gasteiger charge is -2.12. The molecule has 2 aromatic rings. The van der Waals surface area contributed by atoms with Gasteiger partial charge in [-0.3, -0.25) is 0 Å². The summed E-state index contributed by atoms with van der Waals surface area (Å²) in [6.07, 6.45) is 0. The Kier molecular flexibility index (Phi) is 4.30. The molecule has 0 bridgehead atoms. The summed E-state index contributed by atoms with van der Waals surface area (Å²) < 4.78 is 10.5. The Bertz CT molecular complexity index is 584. The van der Waals surface area contributed by atoms with E-state index in [0.29, 0.717) is 23.1 Å². The Morgan fingerprint density at radius 3 is 2.37 bits per heavy atom. The van der Waals surface area contributed by atoms with Crippen molar-refractivity contribution in [2.24, 2.45) is 5.73 Å². The summed E-state index contributed by atoms with van der Waals surface area (Å²) in [4.78, 5) is 0. The van der Waals surface area contributed by atoms with Gasteiger partial charge in [-0.15, -0.1) is 0 Å². The van der Waals surface area contributed by atoms with E-state index < -0.39 is 0 Å². The highest BCUT2D eigenvalue weighted by molar-refractivity contribution is 6.30. The zero-order valence-electron chi connectivity index (χ0n) is 10.9. The van der Waals surface area contributed by atoms with Crippen molar-refractivity contribution in [1.29, 1.82) is 0 Å². The van der Waals surface area contributed by atoms with E-state index in [9.17, 15) is 0 Å². The van der Waals surface area contributed by atoms with E-state index >= 15 is 0 Å². The molecule has 0 amide bonds. The number of halogens is 1. The maximum atomic E-state index is 6.06. The molecule has 0 atom stereocenters. The Hall–Kier alpha value is -1.71. The summed E-state index contributed by atoms with van der Waals surface area (Å²) in [5, 5.41) is 0.682. The first-order valence-corrected chi connectivity index (χ1v) is 6.28. The lowest BCUT2D eigenvalue weighted by atomic mass is 9.99. The third kappa shape index (κ3) is 2.83. The van der Waals surface area contributed by atoms with Gasteiger partial charge < -0.3 is 15.2 Å². The number of methoxy groups -OCH3 is 2.